The van der Waals surface area contributed by atoms with E-state index in [0.717, 1.165) is 44.1 Å². The molecule has 2 atom stereocenters. The van der Waals surface area contributed by atoms with E-state index in [0.29, 0.717) is 24.6 Å². The molecule has 0 saturated carbocycles. The number of hydrogen-bond donors (Lipinski definition) is 2. The van der Waals surface area contributed by atoms with E-state index < -0.39 is 6.10 Å². The summed E-state index contributed by atoms with van der Waals surface area (Å²) in [5.74, 6) is 1.61. The first kappa shape index (κ1) is 18.2. The Kier molecular flexibility index (Phi) is 5.24. The number of nitrogens with zero attached hydrogens (tertiary/aromatic N) is 4. The number of aromatic nitrogens is 2. The average molecular weight is 370 g/mol. The lowest BCUT2D eigenvalue weighted by atomic mass is 10.2. The molecule has 2 saturated heterocycles. The molecule has 0 radical (unpaired) electrons. The number of phenolic OH excluding ortho intramolecular Hbond substituents is 1. The van der Waals surface area contributed by atoms with Crippen LogP contribution in [-0.2, 0) is 4.74 Å². The van der Waals surface area contributed by atoms with Crippen LogP contribution in [-0.4, -0.2) is 76.6 Å². The number of aromatic hydroxyl groups is 1. The Morgan fingerprint density at radius 3 is 2.70 bits per heavy atom. The van der Waals surface area contributed by atoms with Crippen molar-refractivity contribution in [2.24, 2.45) is 0 Å². The number of aryl methyl sites for hydroxylation is 1. The van der Waals surface area contributed by atoms with Crippen LogP contribution in [0.4, 0.5) is 5.82 Å². The molecular weight excluding hydrogens is 344 g/mol. The lowest BCUT2D eigenvalue weighted by Gasteiger charge is -2.28. The molecule has 0 bridgehead atoms. The van der Waals surface area contributed by atoms with Gasteiger partial charge in [0, 0.05) is 37.9 Å². The zero-order chi connectivity index (χ0) is 18.8. The van der Waals surface area contributed by atoms with E-state index >= 15 is 0 Å². The summed E-state index contributed by atoms with van der Waals surface area (Å²) in [6, 6.07) is 9.24. The Hall–Kier alpha value is -2.22. The van der Waals surface area contributed by atoms with Crippen LogP contribution in [0.25, 0.3) is 11.4 Å². The second kappa shape index (κ2) is 7.80. The fourth-order valence-corrected chi connectivity index (χ4v) is 3.88. The number of para-hydroxylation sites is 1. The number of hydrogen-bond acceptors (Lipinski definition) is 7. The average Bonchev–Trinajstić information content (AvgIpc) is 2.94. The predicted octanol–water partition coefficient (Wildman–Crippen LogP) is 1.43. The fourth-order valence-electron chi connectivity index (χ4n) is 3.88. The summed E-state index contributed by atoms with van der Waals surface area (Å²) in [7, 11) is 0. The summed E-state index contributed by atoms with van der Waals surface area (Å²) in [6.45, 7) is 6.52. The van der Waals surface area contributed by atoms with Crippen molar-refractivity contribution in [1.82, 2.24) is 14.9 Å². The number of phenols is 1. The normalized spacial score (nSPS) is 24.1. The zero-order valence-electron chi connectivity index (χ0n) is 15.6. The molecule has 144 valence electrons. The quantitative estimate of drug-likeness (QED) is 0.846. The third kappa shape index (κ3) is 3.90. The van der Waals surface area contributed by atoms with E-state index in [1.165, 1.54) is 0 Å². The molecule has 7 nitrogen and oxygen atoms in total. The Balaban J connectivity index is 1.54. The SMILES string of the molecule is Cc1cc(N2CCCN([C@@H]3COC[C@H]3O)CC2)nc(-c2ccccc2O)n1. The molecule has 1 aromatic heterocycles. The molecular formula is C20H26N4O3. The Morgan fingerprint density at radius 2 is 1.93 bits per heavy atom. The van der Waals surface area contributed by atoms with Crippen molar-refractivity contribution < 1.29 is 14.9 Å². The molecule has 2 fully saturated rings. The van der Waals surface area contributed by atoms with Crippen LogP contribution in [0.1, 0.15) is 12.1 Å². The zero-order valence-corrected chi connectivity index (χ0v) is 15.6. The number of anilines is 1. The first-order chi connectivity index (χ1) is 13.1. The summed E-state index contributed by atoms with van der Waals surface area (Å²) < 4.78 is 5.42. The third-order valence-electron chi connectivity index (χ3n) is 5.33. The van der Waals surface area contributed by atoms with Crippen LogP contribution >= 0.6 is 0 Å². The molecule has 2 N–H and O–H groups in total. The van der Waals surface area contributed by atoms with Gasteiger partial charge in [0.05, 0.1) is 30.9 Å². The monoisotopic (exact) mass is 370 g/mol. The minimum absolute atomic E-state index is 0.0916. The van der Waals surface area contributed by atoms with Crippen LogP contribution in [0.3, 0.4) is 0 Å². The summed E-state index contributed by atoms with van der Waals surface area (Å²) in [4.78, 5) is 13.8. The molecule has 2 aliphatic rings. The van der Waals surface area contributed by atoms with E-state index in [1.54, 1.807) is 12.1 Å². The van der Waals surface area contributed by atoms with Crippen molar-refractivity contribution in [3.8, 4) is 17.1 Å². The Labute approximate surface area is 159 Å². The molecule has 2 aromatic rings. The summed E-state index contributed by atoms with van der Waals surface area (Å²) >= 11 is 0. The largest absolute Gasteiger partial charge is 0.507 e. The van der Waals surface area contributed by atoms with Crippen molar-refractivity contribution in [3.05, 3.63) is 36.0 Å². The maximum atomic E-state index is 10.1. The van der Waals surface area contributed by atoms with E-state index in [4.69, 9.17) is 9.72 Å². The topological polar surface area (TPSA) is 82.0 Å². The summed E-state index contributed by atoms with van der Waals surface area (Å²) in [5, 5.41) is 20.3. The third-order valence-corrected chi connectivity index (χ3v) is 5.33. The highest BCUT2D eigenvalue weighted by molar-refractivity contribution is 5.65. The van der Waals surface area contributed by atoms with Gasteiger partial charge in [-0.05, 0) is 25.5 Å². The summed E-state index contributed by atoms with van der Waals surface area (Å²) in [6.07, 6.45) is 0.601. The van der Waals surface area contributed by atoms with Crippen LogP contribution in [0.15, 0.2) is 30.3 Å². The van der Waals surface area contributed by atoms with E-state index in [2.05, 4.69) is 14.8 Å². The minimum atomic E-state index is -0.398. The Morgan fingerprint density at radius 1 is 1.07 bits per heavy atom. The van der Waals surface area contributed by atoms with Crippen LogP contribution in [0.5, 0.6) is 5.75 Å². The second-order valence-electron chi connectivity index (χ2n) is 7.26. The van der Waals surface area contributed by atoms with Gasteiger partial charge in [0.2, 0.25) is 0 Å². The van der Waals surface area contributed by atoms with Crippen LogP contribution < -0.4 is 4.90 Å². The van der Waals surface area contributed by atoms with E-state index in [-0.39, 0.29) is 11.8 Å². The highest BCUT2D eigenvalue weighted by Gasteiger charge is 2.32. The lowest BCUT2D eigenvalue weighted by Crippen LogP contribution is -2.44. The van der Waals surface area contributed by atoms with Crippen molar-refractivity contribution in [3.63, 3.8) is 0 Å². The number of rotatable bonds is 3. The van der Waals surface area contributed by atoms with Gasteiger partial charge in [-0.1, -0.05) is 12.1 Å². The minimum Gasteiger partial charge on any atom is -0.507 e. The lowest BCUT2D eigenvalue weighted by molar-refractivity contribution is 0.0859. The van der Waals surface area contributed by atoms with Gasteiger partial charge in [0.25, 0.3) is 0 Å². The number of ether oxygens (including phenoxy) is 1. The highest BCUT2D eigenvalue weighted by Crippen LogP contribution is 2.28. The molecule has 1 aromatic carbocycles. The smallest absolute Gasteiger partial charge is 0.165 e. The van der Waals surface area contributed by atoms with Crippen LogP contribution in [0.2, 0.25) is 0 Å². The standard InChI is InChI=1S/C20H26N4O3/c1-14-11-19(22-20(21-14)15-5-2-3-6-17(15)25)24-8-4-7-23(9-10-24)16-12-27-13-18(16)26/h2-3,5-6,11,16,18,25-26H,4,7-10,12-13H2,1H3/t16-,18-/m1/s1. The van der Waals surface area contributed by atoms with E-state index in [1.807, 2.05) is 25.1 Å². The van der Waals surface area contributed by atoms with E-state index in [9.17, 15) is 10.2 Å². The fraction of sp³-hybridized carbons (Fsp3) is 0.500. The van der Waals surface area contributed by atoms with Gasteiger partial charge < -0.3 is 19.8 Å². The molecule has 0 spiro atoms. The van der Waals surface area contributed by atoms with Gasteiger partial charge in [0.15, 0.2) is 5.82 Å². The second-order valence-corrected chi connectivity index (χ2v) is 7.26. The molecule has 0 aliphatic carbocycles. The van der Waals surface area contributed by atoms with Gasteiger partial charge in [-0.25, -0.2) is 9.97 Å². The van der Waals surface area contributed by atoms with Crippen molar-refractivity contribution in [1.29, 1.82) is 0 Å². The maximum absolute atomic E-state index is 10.1. The van der Waals surface area contributed by atoms with Crippen LogP contribution in [0, 0.1) is 6.92 Å². The molecule has 4 rings (SSSR count). The highest BCUT2D eigenvalue weighted by atomic mass is 16.5. The first-order valence-electron chi connectivity index (χ1n) is 9.50. The van der Waals surface area contributed by atoms with Gasteiger partial charge >= 0.3 is 0 Å². The van der Waals surface area contributed by atoms with Gasteiger partial charge in [0.1, 0.15) is 11.6 Å². The predicted molar refractivity (Wildman–Crippen MR) is 103 cm³/mol. The molecule has 7 heteroatoms. The van der Waals surface area contributed by atoms with Crippen molar-refractivity contribution in [2.75, 3.05) is 44.3 Å². The van der Waals surface area contributed by atoms with Crippen molar-refractivity contribution in [2.45, 2.75) is 25.5 Å². The molecule has 2 aliphatic heterocycles. The van der Waals surface area contributed by atoms with Gasteiger partial charge in [-0.15, -0.1) is 0 Å². The number of aliphatic hydroxyl groups is 1. The van der Waals surface area contributed by atoms with Crippen molar-refractivity contribution >= 4 is 5.82 Å². The van der Waals surface area contributed by atoms with Gasteiger partial charge in [-0.2, -0.15) is 0 Å². The first-order valence-corrected chi connectivity index (χ1v) is 9.50. The van der Waals surface area contributed by atoms with Gasteiger partial charge in [-0.3, -0.25) is 4.90 Å². The molecule has 0 unspecified atom stereocenters. The maximum Gasteiger partial charge on any atom is 0.165 e. The molecule has 3 heterocycles. The summed E-state index contributed by atoms with van der Waals surface area (Å²) in [5.41, 5.74) is 1.52. The Bertz CT molecular complexity index is 801. The molecule has 27 heavy (non-hydrogen) atoms. The number of benzene rings is 1. The molecule has 0 amide bonds. The number of aliphatic hydroxyl groups excluding tert-OH is 1.